The Labute approximate surface area is 130 Å². The fourth-order valence-electron chi connectivity index (χ4n) is 2.51. The molecule has 0 aliphatic heterocycles. The van der Waals surface area contributed by atoms with E-state index in [4.69, 9.17) is 0 Å². The van der Waals surface area contributed by atoms with Crippen molar-refractivity contribution in [3.63, 3.8) is 0 Å². The Morgan fingerprint density at radius 2 is 1.33 bits per heavy atom. The van der Waals surface area contributed by atoms with Gasteiger partial charge in [0.15, 0.2) is 0 Å². The van der Waals surface area contributed by atoms with Gasteiger partial charge < -0.3 is 0 Å². The van der Waals surface area contributed by atoms with Gasteiger partial charge in [-0.3, -0.25) is 0 Å². The Balaban J connectivity index is 2.44. The second-order valence-corrected chi connectivity index (χ2v) is 7.52. The van der Waals surface area contributed by atoms with Crippen LogP contribution in [0.3, 0.4) is 0 Å². The van der Waals surface area contributed by atoms with Gasteiger partial charge in [0.25, 0.3) is 0 Å². The minimum absolute atomic E-state index is 0.371. The standard InChI is InChI=1S/C20H25P/c1-3-5-13-18(12-4-2)21(19-14-8-6-9-15-19)20-16-10-7-11-17-20/h6-11,13-17H,3-5,12H2,1-2H3/b18-13+. The van der Waals surface area contributed by atoms with Crippen LogP contribution < -0.4 is 10.6 Å². The zero-order valence-corrected chi connectivity index (χ0v) is 14.0. The number of rotatable bonds is 7. The van der Waals surface area contributed by atoms with Gasteiger partial charge in [-0.25, -0.2) is 0 Å². The van der Waals surface area contributed by atoms with Gasteiger partial charge in [0.2, 0.25) is 0 Å². The van der Waals surface area contributed by atoms with Crippen molar-refractivity contribution in [1.29, 1.82) is 0 Å². The zero-order valence-electron chi connectivity index (χ0n) is 13.1. The van der Waals surface area contributed by atoms with E-state index in [2.05, 4.69) is 80.6 Å². The molecule has 0 spiro atoms. The first-order valence-electron chi connectivity index (χ1n) is 7.96. The maximum absolute atomic E-state index is 2.50. The van der Waals surface area contributed by atoms with Crippen LogP contribution in [0.4, 0.5) is 0 Å². The highest BCUT2D eigenvalue weighted by atomic mass is 31.1. The molecule has 0 amide bonds. The van der Waals surface area contributed by atoms with Crippen LogP contribution in [0.2, 0.25) is 0 Å². The molecule has 0 aliphatic carbocycles. The van der Waals surface area contributed by atoms with E-state index < -0.39 is 0 Å². The number of allylic oxidation sites excluding steroid dienone is 2. The molecule has 0 aromatic heterocycles. The molecular weight excluding hydrogens is 271 g/mol. The van der Waals surface area contributed by atoms with Crippen molar-refractivity contribution in [3.8, 4) is 0 Å². The van der Waals surface area contributed by atoms with E-state index in [0.717, 1.165) is 0 Å². The van der Waals surface area contributed by atoms with E-state index >= 15 is 0 Å². The molecule has 0 radical (unpaired) electrons. The van der Waals surface area contributed by atoms with Crippen LogP contribution in [0.15, 0.2) is 72.1 Å². The van der Waals surface area contributed by atoms with Crippen molar-refractivity contribution in [2.45, 2.75) is 39.5 Å². The second-order valence-electron chi connectivity index (χ2n) is 5.24. The van der Waals surface area contributed by atoms with Gasteiger partial charge in [-0.15, -0.1) is 0 Å². The first kappa shape index (κ1) is 16.0. The van der Waals surface area contributed by atoms with E-state index in [0.29, 0.717) is 0 Å². The van der Waals surface area contributed by atoms with Crippen LogP contribution in [0.25, 0.3) is 0 Å². The summed E-state index contributed by atoms with van der Waals surface area (Å²) >= 11 is 0. The summed E-state index contributed by atoms with van der Waals surface area (Å²) in [6.07, 6.45) is 7.33. The molecule has 0 nitrogen and oxygen atoms in total. The number of hydrogen-bond acceptors (Lipinski definition) is 0. The van der Waals surface area contributed by atoms with E-state index in [1.807, 2.05) is 0 Å². The summed E-state index contributed by atoms with van der Waals surface area (Å²) in [5, 5.41) is 4.57. The number of hydrogen-bond donors (Lipinski definition) is 0. The monoisotopic (exact) mass is 296 g/mol. The lowest BCUT2D eigenvalue weighted by molar-refractivity contribution is 0.911. The number of unbranched alkanes of at least 4 members (excludes halogenated alkanes) is 1. The zero-order chi connectivity index (χ0) is 14.9. The summed E-state index contributed by atoms with van der Waals surface area (Å²) in [6.45, 7) is 4.54. The Hall–Kier alpha value is -1.39. The minimum Gasteiger partial charge on any atom is -0.0802 e. The molecule has 2 aromatic rings. The summed E-state index contributed by atoms with van der Waals surface area (Å²) in [4.78, 5) is 0. The molecule has 0 heterocycles. The molecule has 0 aliphatic rings. The molecule has 0 bridgehead atoms. The highest BCUT2D eigenvalue weighted by Gasteiger charge is 2.17. The van der Waals surface area contributed by atoms with Crippen LogP contribution in [0, 0.1) is 0 Å². The predicted octanol–water partition coefficient (Wildman–Crippen LogP) is 5.60. The van der Waals surface area contributed by atoms with Crippen LogP contribution in [-0.4, -0.2) is 0 Å². The molecule has 1 heteroatoms. The molecule has 110 valence electrons. The van der Waals surface area contributed by atoms with Gasteiger partial charge in [-0.1, -0.05) is 93.4 Å². The summed E-state index contributed by atoms with van der Waals surface area (Å²) in [5.41, 5.74) is 0. The van der Waals surface area contributed by atoms with Crippen LogP contribution >= 0.6 is 7.92 Å². The van der Waals surface area contributed by atoms with Crippen molar-refractivity contribution >= 4 is 18.5 Å². The second kappa shape index (κ2) is 8.80. The lowest BCUT2D eigenvalue weighted by atomic mass is 10.2. The SMILES string of the molecule is CCC/C=C(\CCC)P(c1ccccc1)c1ccccc1. The summed E-state index contributed by atoms with van der Waals surface area (Å²) in [7, 11) is -0.371. The van der Waals surface area contributed by atoms with Gasteiger partial charge in [-0.05, 0) is 36.7 Å². The minimum atomic E-state index is -0.371. The lowest BCUT2D eigenvalue weighted by Crippen LogP contribution is -2.13. The first-order valence-corrected chi connectivity index (χ1v) is 9.30. The average Bonchev–Trinajstić information content (AvgIpc) is 2.55. The quantitative estimate of drug-likeness (QED) is 0.583. The van der Waals surface area contributed by atoms with Gasteiger partial charge >= 0.3 is 0 Å². The summed E-state index contributed by atoms with van der Waals surface area (Å²) in [6, 6.07) is 22.0. The molecule has 2 aromatic carbocycles. The van der Waals surface area contributed by atoms with E-state index in [1.165, 1.54) is 36.3 Å². The molecule has 0 atom stereocenters. The van der Waals surface area contributed by atoms with Gasteiger partial charge in [0.05, 0.1) is 0 Å². The fourth-order valence-corrected chi connectivity index (χ4v) is 5.17. The predicted molar refractivity (Wildman–Crippen MR) is 97.0 cm³/mol. The Morgan fingerprint density at radius 1 is 0.810 bits per heavy atom. The normalized spacial score (nSPS) is 11.9. The third-order valence-corrected chi connectivity index (χ3v) is 6.10. The van der Waals surface area contributed by atoms with E-state index in [9.17, 15) is 0 Å². The van der Waals surface area contributed by atoms with Crippen LogP contribution in [-0.2, 0) is 0 Å². The third-order valence-electron chi connectivity index (χ3n) is 3.49. The maximum Gasteiger partial charge on any atom is -0.0154 e. The summed E-state index contributed by atoms with van der Waals surface area (Å²) in [5.74, 6) is 0. The Morgan fingerprint density at radius 3 is 1.76 bits per heavy atom. The Kier molecular flexibility index (Phi) is 6.70. The molecule has 0 saturated heterocycles. The van der Waals surface area contributed by atoms with Gasteiger partial charge in [0.1, 0.15) is 0 Å². The molecule has 0 unspecified atom stereocenters. The lowest BCUT2D eigenvalue weighted by Gasteiger charge is -2.22. The molecule has 0 N–H and O–H groups in total. The number of benzene rings is 2. The van der Waals surface area contributed by atoms with Crippen molar-refractivity contribution in [2.24, 2.45) is 0 Å². The van der Waals surface area contributed by atoms with E-state index in [-0.39, 0.29) is 7.92 Å². The van der Waals surface area contributed by atoms with Crippen molar-refractivity contribution in [3.05, 3.63) is 72.1 Å². The molecule has 21 heavy (non-hydrogen) atoms. The highest BCUT2D eigenvalue weighted by Crippen LogP contribution is 2.45. The molecular formula is C20H25P. The molecule has 0 fully saturated rings. The summed E-state index contributed by atoms with van der Waals surface area (Å²) < 4.78 is 0. The van der Waals surface area contributed by atoms with Crippen molar-refractivity contribution < 1.29 is 0 Å². The smallest absolute Gasteiger partial charge is 0.0154 e. The van der Waals surface area contributed by atoms with E-state index in [1.54, 1.807) is 5.31 Å². The Bertz CT molecular complexity index is 503. The molecule has 0 saturated carbocycles. The fraction of sp³-hybridized carbons (Fsp3) is 0.300. The topological polar surface area (TPSA) is 0 Å². The van der Waals surface area contributed by atoms with Gasteiger partial charge in [-0.2, -0.15) is 0 Å². The first-order chi connectivity index (χ1) is 10.4. The largest absolute Gasteiger partial charge is 0.0802 e. The highest BCUT2D eigenvalue weighted by molar-refractivity contribution is 7.76. The van der Waals surface area contributed by atoms with Crippen molar-refractivity contribution in [2.75, 3.05) is 0 Å². The maximum atomic E-state index is 2.50. The van der Waals surface area contributed by atoms with Crippen molar-refractivity contribution in [1.82, 2.24) is 0 Å². The molecule has 2 rings (SSSR count). The van der Waals surface area contributed by atoms with Crippen LogP contribution in [0.5, 0.6) is 0 Å². The third kappa shape index (κ3) is 4.55. The average molecular weight is 296 g/mol. The van der Waals surface area contributed by atoms with Gasteiger partial charge in [0, 0.05) is 0 Å². The van der Waals surface area contributed by atoms with Crippen LogP contribution in [0.1, 0.15) is 39.5 Å².